The van der Waals surface area contributed by atoms with Gasteiger partial charge in [0.15, 0.2) is 5.82 Å². The molecule has 0 aliphatic heterocycles. The highest BCUT2D eigenvalue weighted by Gasteiger charge is 2.19. The number of benzene rings is 1. The maximum atomic E-state index is 12.6. The lowest BCUT2D eigenvalue weighted by Gasteiger charge is -2.10. The van der Waals surface area contributed by atoms with E-state index in [0.29, 0.717) is 17.0 Å². The Hall–Kier alpha value is -2.22. The van der Waals surface area contributed by atoms with Crippen LogP contribution >= 0.6 is 11.6 Å². The zero-order valence-corrected chi connectivity index (χ0v) is 17.0. The Morgan fingerprint density at radius 2 is 1.89 bits per heavy atom. The molecule has 6 nitrogen and oxygen atoms in total. The number of rotatable bonds is 6. The SMILES string of the molecule is Cc1nn(-c2ccccn2)c(C)c1CCNS(=O)(=O)c1cccc(Cl)c1C. The van der Waals surface area contributed by atoms with Gasteiger partial charge in [0.05, 0.1) is 10.6 Å². The number of halogens is 1. The molecule has 142 valence electrons. The van der Waals surface area contributed by atoms with Crippen molar-refractivity contribution < 1.29 is 8.42 Å². The quantitative estimate of drug-likeness (QED) is 0.683. The van der Waals surface area contributed by atoms with Gasteiger partial charge in [-0.05, 0) is 62.6 Å². The molecule has 0 spiro atoms. The fourth-order valence-electron chi connectivity index (χ4n) is 3.01. The third-order valence-corrected chi connectivity index (χ3v) is 6.50. The van der Waals surface area contributed by atoms with Crippen molar-refractivity contribution in [1.82, 2.24) is 19.5 Å². The molecule has 1 N–H and O–H groups in total. The van der Waals surface area contributed by atoms with Crippen LogP contribution < -0.4 is 4.72 Å². The van der Waals surface area contributed by atoms with Crippen molar-refractivity contribution in [2.75, 3.05) is 6.54 Å². The Morgan fingerprint density at radius 3 is 2.59 bits per heavy atom. The Labute approximate surface area is 164 Å². The van der Waals surface area contributed by atoms with Gasteiger partial charge in [-0.3, -0.25) is 0 Å². The summed E-state index contributed by atoms with van der Waals surface area (Å²) in [7, 11) is -3.63. The van der Waals surface area contributed by atoms with Crippen LogP contribution in [0.5, 0.6) is 0 Å². The van der Waals surface area contributed by atoms with Crippen LogP contribution in [0.25, 0.3) is 5.82 Å². The van der Waals surface area contributed by atoms with E-state index in [2.05, 4.69) is 14.8 Å². The molecule has 0 aliphatic carbocycles. The van der Waals surface area contributed by atoms with Crippen molar-refractivity contribution in [1.29, 1.82) is 0 Å². The molecule has 0 aliphatic rings. The molecule has 0 amide bonds. The van der Waals surface area contributed by atoms with E-state index in [-0.39, 0.29) is 11.4 Å². The number of hydrogen-bond acceptors (Lipinski definition) is 4. The monoisotopic (exact) mass is 404 g/mol. The fraction of sp³-hybridized carbons (Fsp3) is 0.263. The summed E-state index contributed by atoms with van der Waals surface area (Å²) in [6.07, 6.45) is 2.25. The van der Waals surface area contributed by atoms with E-state index in [1.54, 1.807) is 36.0 Å². The van der Waals surface area contributed by atoms with Crippen molar-refractivity contribution in [3.8, 4) is 5.82 Å². The van der Waals surface area contributed by atoms with Gasteiger partial charge >= 0.3 is 0 Å². The van der Waals surface area contributed by atoms with Crippen LogP contribution in [0.4, 0.5) is 0 Å². The molecule has 0 unspecified atom stereocenters. The largest absolute Gasteiger partial charge is 0.240 e. The molecular weight excluding hydrogens is 384 g/mol. The van der Waals surface area contributed by atoms with Crippen molar-refractivity contribution >= 4 is 21.6 Å². The van der Waals surface area contributed by atoms with E-state index < -0.39 is 10.0 Å². The first-order chi connectivity index (χ1) is 12.8. The Balaban J connectivity index is 1.76. The summed E-state index contributed by atoms with van der Waals surface area (Å²) in [6.45, 7) is 5.84. The third kappa shape index (κ3) is 4.05. The number of nitrogens with one attached hydrogen (secondary N) is 1. The molecule has 8 heteroatoms. The summed E-state index contributed by atoms with van der Waals surface area (Å²) in [5.74, 6) is 0.736. The van der Waals surface area contributed by atoms with Gasteiger partial charge < -0.3 is 0 Å². The summed E-state index contributed by atoms with van der Waals surface area (Å²) in [5, 5.41) is 4.97. The van der Waals surface area contributed by atoms with Crippen LogP contribution in [0.2, 0.25) is 5.02 Å². The predicted octanol–water partition coefficient (Wildman–Crippen LogP) is 3.37. The lowest BCUT2D eigenvalue weighted by atomic mass is 10.1. The molecule has 0 bridgehead atoms. The molecule has 2 aromatic heterocycles. The van der Waals surface area contributed by atoms with Gasteiger partial charge in [-0.1, -0.05) is 23.7 Å². The molecule has 27 heavy (non-hydrogen) atoms. The minimum absolute atomic E-state index is 0.202. The molecule has 0 fully saturated rings. The van der Waals surface area contributed by atoms with E-state index in [0.717, 1.165) is 22.8 Å². The Kier molecular flexibility index (Phi) is 5.64. The van der Waals surface area contributed by atoms with Gasteiger partial charge in [-0.15, -0.1) is 0 Å². The second-order valence-electron chi connectivity index (χ2n) is 6.26. The van der Waals surface area contributed by atoms with Crippen molar-refractivity contribution in [3.63, 3.8) is 0 Å². The Morgan fingerprint density at radius 1 is 1.11 bits per heavy atom. The molecule has 3 aromatic rings. The van der Waals surface area contributed by atoms with Crippen LogP contribution in [-0.4, -0.2) is 29.7 Å². The van der Waals surface area contributed by atoms with Crippen LogP contribution in [0.3, 0.4) is 0 Å². The lowest BCUT2D eigenvalue weighted by Crippen LogP contribution is -2.27. The molecule has 2 heterocycles. The van der Waals surface area contributed by atoms with Crippen LogP contribution in [-0.2, 0) is 16.4 Å². The summed E-state index contributed by atoms with van der Waals surface area (Å²) in [4.78, 5) is 4.52. The Bertz CT molecular complexity index is 1060. The second-order valence-corrected chi connectivity index (χ2v) is 8.40. The van der Waals surface area contributed by atoms with Gasteiger partial charge in [-0.25, -0.2) is 22.8 Å². The highest BCUT2D eigenvalue weighted by atomic mass is 35.5. The molecule has 0 atom stereocenters. The average molecular weight is 405 g/mol. The third-order valence-electron chi connectivity index (χ3n) is 4.48. The number of aromatic nitrogens is 3. The molecule has 0 saturated heterocycles. The van der Waals surface area contributed by atoms with E-state index in [4.69, 9.17) is 11.6 Å². The van der Waals surface area contributed by atoms with Crippen LogP contribution in [0, 0.1) is 20.8 Å². The first kappa shape index (κ1) is 19.5. The first-order valence-corrected chi connectivity index (χ1v) is 10.4. The highest BCUT2D eigenvalue weighted by molar-refractivity contribution is 7.89. The summed E-state index contributed by atoms with van der Waals surface area (Å²) < 4.78 is 29.6. The van der Waals surface area contributed by atoms with E-state index in [1.807, 2.05) is 32.0 Å². The van der Waals surface area contributed by atoms with E-state index >= 15 is 0 Å². The number of nitrogens with zero attached hydrogens (tertiary/aromatic N) is 3. The van der Waals surface area contributed by atoms with Gasteiger partial charge in [0, 0.05) is 23.5 Å². The zero-order chi connectivity index (χ0) is 19.6. The molecule has 1 aromatic carbocycles. The second kappa shape index (κ2) is 7.80. The standard InChI is InChI=1S/C19H21ClN4O2S/c1-13-17(20)7-6-8-18(13)27(25,26)22-12-10-16-14(2)23-24(15(16)3)19-9-4-5-11-21-19/h4-9,11,22H,10,12H2,1-3H3. The number of pyridine rings is 1. The normalized spacial score (nSPS) is 11.7. The van der Waals surface area contributed by atoms with Crippen LogP contribution in [0.1, 0.15) is 22.5 Å². The zero-order valence-electron chi connectivity index (χ0n) is 15.4. The maximum Gasteiger partial charge on any atom is 0.240 e. The average Bonchev–Trinajstić information content (AvgIpc) is 2.92. The van der Waals surface area contributed by atoms with Crippen molar-refractivity contribution in [2.45, 2.75) is 32.1 Å². The van der Waals surface area contributed by atoms with Gasteiger partial charge in [-0.2, -0.15) is 5.10 Å². The topological polar surface area (TPSA) is 76.9 Å². The molecule has 0 saturated carbocycles. The summed E-state index contributed by atoms with van der Waals surface area (Å²) >= 11 is 6.04. The fourth-order valence-corrected chi connectivity index (χ4v) is 4.53. The van der Waals surface area contributed by atoms with Crippen molar-refractivity contribution in [2.24, 2.45) is 0 Å². The minimum Gasteiger partial charge on any atom is -0.237 e. The number of aryl methyl sites for hydroxylation is 1. The highest BCUT2D eigenvalue weighted by Crippen LogP contribution is 2.23. The van der Waals surface area contributed by atoms with Gasteiger partial charge in [0.1, 0.15) is 0 Å². The maximum absolute atomic E-state index is 12.6. The number of sulfonamides is 1. The summed E-state index contributed by atoms with van der Waals surface area (Å²) in [5.41, 5.74) is 3.36. The summed E-state index contributed by atoms with van der Waals surface area (Å²) in [6, 6.07) is 10.5. The minimum atomic E-state index is -3.63. The molecule has 0 radical (unpaired) electrons. The molecular formula is C19H21ClN4O2S. The number of hydrogen-bond donors (Lipinski definition) is 1. The van der Waals surface area contributed by atoms with E-state index in [1.165, 1.54) is 0 Å². The predicted molar refractivity (Wildman–Crippen MR) is 106 cm³/mol. The molecule has 3 rings (SSSR count). The van der Waals surface area contributed by atoms with Crippen LogP contribution in [0.15, 0.2) is 47.5 Å². The first-order valence-electron chi connectivity index (χ1n) is 8.52. The smallest absolute Gasteiger partial charge is 0.237 e. The lowest BCUT2D eigenvalue weighted by molar-refractivity contribution is 0.581. The van der Waals surface area contributed by atoms with Gasteiger partial charge in [0.25, 0.3) is 0 Å². The van der Waals surface area contributed by atoms with E-state index in [9.17, 15) is 8.42 Å². The van der Waals surface area contributed by atoms with Gasteiger partial charge in [0.2, 0.25) is 10.0 Å². The van der Waals surface area contributed by atoms with Crippen molar-refractivity contribution in [3.05, 3.63) is 70.1 Å².